The smallest absolute Gasteiger partial charge is 0.105 e. The van der Waals surface area contributed by atoms with Crippen molar-refractivity contribution in [3.8, 4) is 0 Å². The normalized spacial score (nSPS) is 15.9. The van der Waals surface area contributed by atoms with Gasteiger partial charge in [-0.05, 0) is 12.5 Å². The van der Waals surface area contributed by atoms with Gasteiger partial charge in [0.1, 0.15) is 6.10 Å². The molecule has 0 radical (unpaired) electrons. The molecule has 0 saturated heterocycles. The fourth-order valence-electron chi connectivity index (χ4n) is 0.929. The van der Waals surface area contributed by atoms with Crippen molar-refractivity contribution in [2.75, 3.05) is 0 Å². The molecule has 0 aromatic heterocycles. The summed E-state index contributed by atoms with van der Waals surface area (Å²) in [5.74, 6) is 0. The third kappa shape index (κ3) is 2.03. The number of aliphatic hydroxyl groups excluding tert-OH is 2. The van der Waals surface area contributed by atoms with Crippen molar-refractivity contribution in [1.82, 2.24) is 0 Å². The van der Waals surface area contributed by atoms with Gasteiger partial charge in [0.05, 0.1) is 6.10 Å². The molecule has 2 heteroatoms. The Kier molecular flexibility index (Phi) is 2.63. The molecule has 0 bridgehead atoms. The van der Waals surface area contributed by atoms with Crippen molar-refractivity contribution >= 4 is 0 Å². The third-order valence-corrected chi connectivity index (χ3v) is 1.60. The number of rotatable bonds is 2. The first kappa shape index (κ1) is 8.24. The number of hydrogen-bond donors (Lipinski definition) is 2. The average molecular weight is 152 g/mol. The first-order valence-electron chi connectivity index (χ1n) is 3.63. The molecule has 1 aromatic carbocycles. The van der Waals surface area contributed by atoms with E-state index in [9.17, 15) is 5.11 Å². The lowest BCUT2D eigenvalue weighted by atomic mass is 10.1. The summed E-state index contributed by atoms with van der Waals surface area (Å²) in [6, 6.07) is 9.12. The Morgan fingerprint density at radius 2 is 1.64 bits per heavy atom. The summed E-state index contributed by atoms with van der Waals surface area (Å²) in [6.45, 7) is 1.57. The molecule has 0 spiro atoms. The largest absolute Gasteiger partial charge is 0.390 e. The minimum atomic E-state index is -0.767. The van der Waals surface area contributed by atoms with Gasteiger partial charge in [-0.1, -0.05) is 30.3 Å². The van der Waals surface area contributed by atoms with E-state index in [0.717, 1.165) is 5.56 Å². The molecule has 11 heavy (non-hydrogen) atoms. The van der Waals surface area contributed by atoms with Crippen LogP contribution < -0.4 is 0 Å². The Morgan fingerprint density at radius 1 is 1.09 bits per heavy atom. The predicted molar refractivity (Wildman–Crippen MR) is 43.1 cm³/mol. The van der Waals surface area contributed by atoms with Crippen molar-refractivity contribution in [2.45, 2.75) is 19.1 Å². The summed E-state index contributed by atoms with van der Waals surface area (Å²) in [5, 5.41) is 18.4. The van der Waals surface area contributed by atoms with Gasteiger partial charge >= 0.3 is 0 Å². The summed E-state index contributed by atoms with van der Waals surface area (Å²) in [7, 11) is 0. The zero-order valence-corrected chi connectivity index (χ0v) is 6.44. The highest BCUT2D eigenvalue weighted by Crippen LogP contribution is 2.15. The fourth-order valence-corrected chi connectivity index (χ4v) is 0.929. The van der Waals surface area contributed by atoms with Gasteiger partial charge in [0, 0.05) is 0 Å². The Balaban J connectivity index is 2.77. The summed E-state index contributed by atoms with van der Waals surface area (Å²) in [6.07, 6.45) is -1.48. The van der Waals surface area contributed by atoms with Crippen LogP contribution in [0.25, 0.3) is 0 Å². The predicted octanol–water partition coefficient (Wildman–Crippen LogP) is 1.10. The molecule has 2 N–H and O–H groups in total. The van der Waals surface area contributed by atoms with Crippen LogP contribution in [0.3, 0.4) is 0 Å². The van der Waals surface area contributed by atoms with Crippen molar-refractivity contribution in [3.05, 3.63) is 35.9 Å². The lowest BCUT2D eigenvalue weighted by molar-refractivity contribution is 0.0305. The van der Waals surface area contributed by atoms with Crippen molar-refractivity contribution in [2.24, 2.45) is 0 Å². The van der Waals surface area contributed by atoms with E-state index < -0.39 is 12.2 Å². The van der Waals surface area contributed by atoms with Gasteiger partial charge in [-0.25, -0.2) is 0 Å². The third-order valence-electron chi connectivity index (χ3n) is 1.60. The Hall–Kier alpha value is -0.860. The molecule has 0 heterocycles. The molecule has 0 aliphatic rings. The highest BCUT2D eigenvalue weighted by molar-refractivity contribution is 5.17. The van der Waals surface area contributed by atoms with Gasteiger partial charge in [-0.2, -0.15) is 0 Å². The molecule has 60 valence electrons. The van der Waals surface area contributed by atoms with Crippen LogP contribution >= 0.6 is 0 Å². The molecule has 0 aliphatic heterocycles. The highest BCUT2D eigenvalue weighted by Gasteiger charge is 2.11. The minimum Gasteiger partial charge on any atom is -0.390 e. The monoisotopic (exact) mass is 152 g/mol. The second kappa shape index (κ2) is 3.51. The molecule has 0 unspecified atom stereocenters. The highest BCUT2D eigenvalue weighted by atomic mass is 16.3. The van der Waals surface area contributed by atoms with E-state index in [4.69, 9.17) is 5.11 Å². The van der Waals surface area contributed by atoms with Crippen molar-refractivity contribution in [1.29, 1.82) is 0 Å². The molecular weight excluding hydrogens is 140 g/mol. The van der Waals surface area contributed by atoms with Crippen LogP contribution in [-0.2, 0) is 0 Å². The second-order valence-corrected chi connectivity index (χ2v) is 2.60. The standard InChI is InChI=1S/C9H12O2/c1-7(10)9(11)8-5-3-2-4-6-8/h2-7,9-11H,1H3/t7-,9-/m0/s1. The van der Waals surface area contributed by atoms with E-state index in [2.05, 4.69) is 0 Å². The first-order valence-corrected chi connectivity index (χ1v) is 3.63. The van der Waals surface area contributed by atoms with Crippen LogP contribution in [0.2, 0.25) is 0 Å². The minimum absolute atomic E-state index is 0.711. The molecule has 0 saturated carbocycles. The van der Waals surface area contributed by atoms with Gasteiger partial charge in [0.2, 0.25) is 0 Å². The quantitative estimate of drug-likeness (QED) is 0.666. The van der Waals surface area contributed by atoms with Gasteiger partial charge in [0.15, 0.2) is 0 Å². The van der Waals surface area contributed by atoms with Crippen molar-refractivity contribution < 1.29 is 10.2 Å². The number of aliphatic hydroxyl groups is 2. The summed E-state index contributed by atoms with van der Waals surface area (Å²) in [5.41, 5.74) is 0.752. The van der Waals surface area contributed by atoms with Gasteiger partial charge < -0.3 is 10.2 Å². The van der Waals surface area contributed by atoms with Crippen LogP contribution in [0.15, 0.2) is 30.3 Å². The molecule has 2 atom stereocenters. The van der Waals surface area contributed by atoms with Crippen LogP contribution in [0.4, 0.5) is 0 Å². The van der Waals surface area contributed by atoms with E-state index in [1.807, 2.05) is 18.2 Å². The number of benzene rings is 1. The Labute approximate surface area is 66.1 Å². The lowest BCUT2D eigenvalue weighted by Gasteiger charge is -2.12. The van der Waals surface area contributed by atoms with Crippen LogP contribution in [0.5, 0.6) is 0 Å². The van der Waals surface area contributed by atoms with E-state index in [0.29, 0.717) is 0 Å². The molecule has 0 amide bonds. The van der Waals surface area contributed by atoms with Crippen molar-refractivity contribution in [3.63, 3.8) is 0 Å². The average Bonchev–Trinajstić information content (AvgIpc) is 2.05. The molecular formula is C9H12O2. The fraction of sp³-hybridized carbons (Fsp3) is 0.333. The summed E-state index contributed by atoms with van der Waals surface area (Å²) >= 11 is 0. The zero-order valence-electron chi connectivity index (χ0n) is 6.44. The maximum atomic E-state index is 9.35. The van der Waals surface area contributed by atoms with Crippen LogP contribution in [-0.4, -0.2) is 16.3 Å². The van der Waals surface area contributed by atoms with Gasteiger partial charge in [-0.15, -0.1) is 0 Å². The van der Waals surface area contributed by atoms with Crippen LogP contribution in [0, 0.1) is 0 Å². The maximum absolute atomic E-state index is 9.35. The van der Waals surface area contributed by atoms with Gasteiger partial charge in [-0.3, -0.25) is 0 Å². The maximum Gasteiger partial charge on any atom is 0.105 e. The SMILES string of the molecule is C[C@H](O)[C@H](O)c1ccccc1. The first-order chi connectivity index (χ1) is 5.22. The second-order valence-electron chi connectivity index (χ2n) is 2.60. The van der Waals surface area contributed by atoms with E-state index in [1.165, 1.54) is 0 Å². The number of hydrogen-bond acceptors (Lipinski definition) is 2. The molecule has 1 aromatic rings. The molecule has 0 aliphatic carbocycles. The molecule has 1 rings (SSSR count). The topological polar surface area (TPSA) is 40.5 Å². The van der Waals surface area contributed by atoms with Crippen LogP contribution in [0.1, 0.15) is 18.6 Å². The Morgan fingerprint density at radius 3 is 2.09 bits per heavy atom. The van der Waals surface area contributed by atoms with E-state index in [-0.39, 0.29) is 0 Å². The summed E-state index contributed by atoms with van der Waals surface area (Å²) in [4.78, 5) is 0. The lowest BCUT2D eigenvalue weighted by Crippen LogP contribution is -2.13. The Bertz CT molecular complexity index is 206. The molecule has 0 fully saturated rings. The molecule has 2 nitrogen and oxygen atoms in total. The zero-order chi connectivity index (χ0) is 8.27. The van der Waals surface area contributed by atoms with Gasteiger partial charge in [0.25, 0.3) is 0 Å². The van der Waals surface area contributed by atoms with E-state index >= 15 is 0 Å². The van der Waals surface area contributed by atoms with E-state index in [1.54, 1.807) is 19.1 Å². The summed E-state index contributed by atoms with van der Waals surface area (Å²) < 4.78 is 0.